The van der Waals surface area contributed by atoms with Gasteiger partial charge in [-0.25, -0.2) is 0 Å². The number of carbonyl (C=O) groups is 1. The lowest BCUT2D eigenvalue weighted by Crippen LogP contribution is -2.29. The normalized spacial score (nSPS) is 11.8. The molecule has 124 valence electrons. The average molecular weight is 317 g/mol. The van der Waals surface area contributed by atoms with Gasteiger partial charge in [-0.1, -0.05) is 0 Å². The summed E-state index contributed by atoms with van der Waals surface area (Å²) in [6, 6.07) is 9.21. The Labute approximate surface area is 136 Å². The number of hydrogen-bond donors (Lipinski definition) is 0. The fraction of sp³-hybridized carbons (Fsp3) is 0.389. The topological polar surface area (TPSA) is 51.9 Å². The minimum absolute atomic E-state index is 0.0544. The SMILES string of the molecule is COc1ccc(OC)c(CCC(=O)N(C)C(C)c2ccco2)c1. The largest absolute Gasteiger partial charge is 0.497 e. The Morgan fingerprint density at radius 2 is 2.04 bits per heavy atom. The molecule has 2 aromatic rings. The Bertz CT molecular complexity index is 636. The van der Waals surface area contributed by atoms with Gasteiger partial charge in [-0.3, -0.25) is 4.79 Å². The lowest BCUT2D eigenvalue weighted by molar-refractivity contribution is -0.132. The molecule has 23 heavy (non-hydrogen) atoms. The Kier molecular flexibility index (Phi) is 5.68. The van der Waals surface area contributed by atoms with E-state index in [-0.39, 0.29) is 11.9 Å². The molecule has 1 aromatic carbocycles. The molecule has 0 aliphatic rings. The zero-order valence-electron chi connectivity index (χ0n) is 14.0. The monoisotopic (exact) mass is 317 g/mol. The maximum absolute atomic E-state index is 12.4. The quantitative estimate of drug-likeness (QED) is 0.785. The first kappa shape index (κ1) is 16.9. The standard InChI is InChI=1S/C18H23NO4/c1-13(16-6-5-11-23-16)19(2)18(20)10-7-14-12-15(21-3)8-9-17(14)22-4/h5-6,8-9,11-13H,7,10H2,1-4H3. The first-order valence-corrected chi connectivity index (χ1v) is 7.56. The van der Waals surface area contributed by atoms with Gasteiger partial charge in [0, 0.05) is 13.5 Å². The number of nitrogens with zero attached hydrogens (tertiary/aromatic N) is 1. The molecule has 1 atom stereocenters. The van der Waals surface area contributed by atoms with Crippen LogP contribution in [0, 0.1) is 0 Å². The number of rotatable bonds is 7. The molecule has 1 unspecified atom stereocenters. The van der Waals surface area contributed by atoms with Crippen molar-refractivity contribution in [2.45, 2.75) is 25.8 Å². The molecule has 0 N–H and O–H groups in total. The molecule has 0 bridgehead atoms. The average Bonchev–Trinajstić information content (AvgIpc) is 3.12. The smallest absolute Gasteiger partial charge is 0.223 e. The second-order valence-electron chi connectivity index (χ2n) is 5.37. The van der Waals surface area contributed by atoms with Crippen molar-refractivity contribution in [3.8, 4) is 11.5 Å². The zero-order chi connectivity index (χ0) is 16.8. The number of aryl methyl sites for hydroxylation is 1. The first-order chi connectivity index (χ1) is 11.1. The predicted octanol–water partition coefficient (Wildman–Crippen LogP) is 3.45. The molecule has 0 fully saturated rings. The van der Waals surface area contributed by atoms with E-state index in [9.17, 15) is 4.79 Å². The Balaban J connectivity index is 2.01. The zero-order valence-corrected chi connectivity index (χ0v) is 14.0. The number of carbonyl (C=O) groups excluding carboxylic acids is 1. The third-order valence-electron chi connectivity index (χ3n) is 4.03. The van der Waals surface area contributed by atoms with E-state index in [0.717, 1.165) is 22.8 Å². The minimum Gasteiger partial charge on any atom is -0.497 e. The summed E-state index contributed by atoms with van der Waals surface area (Å²) in [7, 11) is 5.03. The van der Waals surface area contributed by atoms with Gasteiger partial charge in [0.05, 0.1) is 26.5 Å². The summed E-state index contributed by atoms with van der Waals surface area (Å²) in [5.41, 5.74) is 0.958. The van der Waals surface area contributed by atoms with E-state index >= 15 is 0 Å². The fourth-order valence-electron chi connectivity index (χ4n) is 2.43. The van der Waals surface area contributed by atoms with Gasteiger partial charge in [-0.2, -0.15) is 0 Å². The molecule has 5 nitrogen and oxygen atoms in total. The molecule has 1 amide bonds. The molecule has 0 radical (unpaired) electrons. The van der Waals surface area contributed by atoms with Crippen molar-refractivity contribution >= 4 is 5.91 Å². The molecule has 0 saturated carbocycles. The van der Waals surface area contributed by atoms with Gasteiger partial charge >= 0.3 is 0 Å². The van der Waals surface area contributed by atoms with Crippen molar-refractivity contribution in [1.29, 1.82) is 0 Å². The molecule has 2 rings (SSSR count). The summed E-state index contributed by atoms with van der Waals surface area (Å²) in [5, 5.41) is 0. The second kappa shape index (κ2) is 7.72. The maximum atomic E-state index is 12.4. The summed E-state index contributed by atoms with van der Waals surface area (Å²) in [4.78, 5) is 14.1. The molecule has 5 heteroatoms. The van der Waals surface area contributed by atoms with Crippen LogP contribution in [0.25, 0.3) is 0 Å². The number of ether oxygens (including phenoxy) is 2. The number of methoxy groups -OCH3 is 2. The van der Waals surface area contributed by atoms with Crippen LogP contribution in [0.3, 0.4) is 0 Å². The highest BCUT2D eigenvalue weighted by molar-refractivity contribution is 5.76. The van der Waals surface area contributed by atoms with E-state index in [2.05, 4.69) is 0 Å². The van der Waals surface area contributed by atoms with E-state index in [1.54, 1.807) is 32.4 Å². The number of hydrogen-bond acceptors (Lipinski definition) is 4. The summed E-state index contributed by atoms with van der Waals surface area (Å²) in [6.07, 6.45) is 2.60. The summed E-state index contributed by atoms with van der Waals surface area (Å²) in [6.45, 7) is 1.95. The summed E-state index contributed by atoms with van der Waals surface area (Å²) < 4.78 is 15.9. The summed E-state index contributed by atoms with van der Waals surface area (Å²) >= 11 is 0. The molecule has 0 saturated heterocycles. The number of furan rings is 1. The highest BCUT2D eigenvalue weighted by Crippen LogP contribution is 2.26. The van der Waals surface area contributed by atoms with Gasteiger partial charge in [0.1, 0.15) is 17.3 Å². The molecular weight excluding hydrogens is 294 g/mol. The lowest BCUT2D eigenvalue weighted by atomic mass is 10.1. The Morgan fingerprint density at radius 1 is 1.26 bits per heavy atom. The van der Waals surface area contributed by atoms with Crippen LogP contribution in [0.15, 0.2) is 41.0 Å². The second-order valence-corrected chi connectivity index (χ2v) is 5.37. The third kappa shape index (κ3) is 4.06. The van der Waals surface area contributed by atoms with Gasteiger partial charge in [-0.05, 0) is 49.2 Å². The summed E-state index contributed by atoms with van der Waals surface area (Å²) in [5.74, 6) is 2.35. The van der Waals surface area contributed by atoms with Gasteiger partial charge in [0.2, 0.25) is 5.91 Å². The van der Waals surface area contributed by atoms with E-state index < -0.39 is 0 Å². The van der Waals surface area contributed by atoms with Crippen molar-refractivity contribution in [2.24, 2.45) is 0 Å². The van der Waals surface area contributed by atoms with Crippen LogP contribution in [0.2, 0.25) is 0 Å². The van der Waals surface area contributed by atoms with Crippen molar-refractivity contribution in [3.05, 3.63) is 47.9 Å². The van der Waals surface area contributed by atoms with Crippen LogP contribution >= 0.6 is 0 Å². The molecular formula is C18H23NO4. The fourth-order valence-corrected chi connectivity index (χ4v) is 2.43. The maximum Gasteiger partial charge on any atom is 0.223 e. The van der Waals surface area contributed by atoms with Gasteiger partial charge in [0.25, 0.3) is 0 Å². The van der Waals surface area contributed by atoms with Crippen molar-refractivity contribution in [3.63, 3.8) is 0 Å². The van der Waals surface area contributed by atoms with Gasteiger partial charge in [0.15, 0.2) is 0 Å². The van der Waals surface area contributed by atoms with Gasteiger partial charge in [-0.15, -0.1) is 0 Å². The lowest BCUT2D eigenvalue weighted by Gasteiger charge is -2.23. The van der Waals surface area contributed by atoms with Crippen LogP contribution in [0.4, 0.5) is 0 Å². The van der Waals surface area contributed by atoms with Crippen LogP contribution in [0.1, 0.15) is 30.7 Å². The minimum atomic E-state index is -0.0929. The highest BCUT2D eigenvalue weighted by atomic mass is 16.5. The Morgan fingerprint density at radius 3 is 2.65 bits per heavy atom. The van der Waals surface area contributed by atoms with Crippen LogP contribution in [-0.4, -0.2) is 32.1 Å². The predicted molar refractivity (Wildman–Crippen MR) is 87.8 cm³/mol. The van der Waals surface area contributed by atoms with Crippen molar-refractivity contribution < 1.29 is 18.7 Å². The van der Waals surface area contributed by atoms with E-state index in [1.807, 2.05) is 37.3 Å². The highest BCUT2D eigenvalue weighted by Gasteiger charge is 2.19. The van der Waals surface area contributed by atoms with E-state index in [1.165, 1.54) is 0 Å². The van der Waals surface area contributed by atoms with Crippen LogP contribution in [-0.2, 0) is 11.2 Å². The van der Waals surface area contributed by atoms with Crippen LogP contribution in [0.5, 0.6) is 11.5 Å². The number of benzene rings is 1. The molecule has 0 aliphatic carbocycles. The number of amides is 1. The van der Waals surface area contributed by atoms with Crippen molar-refractivity contribution in [1.82, 2.24) is 4.90 Å². The van der Waals surface area contributed by atoms with Crippen molar-refractivity contribution in [2.75, 3.05) is 21.3 Å². The van der Waals surface area contributed by atoms with E-state index in [0.29, 0.717) is 12.8 Å². The third-order valence-corrected chi connectivity index (χ3v) is 4.03. The molecule has 0 spiro atoms. The molecule has 0 aliphatic heterocycles. The molecule has 1 aromatic heterocycles. The van der Waals surface area contributed by atoms with Gasteiger partial charge < -0.3 is 18.8 Å². The van der Waals surface area contributed by atoms with E-state index in [4.69, 9.17) is 13.9 Å². The Hall–Kier alpha value is -2.43. The first-order valence-electron chi connectivity index (χ1n) is 7.56. The van der Waals surface area contributed by atoms with Crippen LogP contribution < -0.4 is 9.47 Å². The molecule has 1 heterocycles.